The molecule has 2 atom stereocenters. The van der Waals surface area contributed by atoms with Crippen LogP contribution < -0.4 is 11.1 Å². The fourth-order valence-electron chi connectivity index (χ4n) is 8.37. The van der Waals surface area contributed by atoms with Gasteiger partial charge < -0.3 is 11.1 Å². The van der Waals surface area contributed by atoms with E-state index < -0.39 is 0 Å². The van der Waals surface area contributed by atoms with Crippen LogP contribution in [0.15, 0.2) is 30.3 Å². The summed E-state index contributed by atoms with van der Waals surface area (Å²) in [5, 5.41) is 3.54. The molecular weight excluding hydrogens is 368 g/mol. The summed E-state index contributed by atoms with van der Waals surface area (Å²) < 4.78 is 0. The number of nitrogens with one attached hydrogen (secondary N) is 1. The van der Waals surface area contributed by atoms with Gasteiger partial charge in [-0.1, -0.05) is 43.2 Å². The van der Waals surface area contributed by atoms with Crippen molar-refractivity contribution in [2.45, 2.75) is 94.5 Å². The summed E-state index contributed by atoms with van der Waals surface area (Å²) in [6.07, 6.45) is 14.6. The predicted octanol–water partition coefficient (Wildman–Crippen LogP) is 4.94. The molecule has 0 radical (unpaired) electrons. The molecule has 0 spiro atoms. The summed E-state index contributed by atoms with van der Waals surface area (Å²) in [6, 6.07) is 11.9. The fourth-order valence-corrected chi connectivity index (χ4v) is 8.37. The van der Waals surface area contributed by atoms with Gasteiger partial charge in [-0.05, 0) is 98.9 Å². The molecule has 6 aliphatic carbocycles. The van der Waals surface area contributed by atoms with Crippen LogP contribution in [0.1, 0.15) is 82.6 Å². The molecule has 0 aromatic heterocycles. The second kappa shape index (κ2) is 7.08. The minimum atomic E-state index is -0.124. The Morgan fingerprint density at radius 1 is 0.933 bits per heavy atom. The lowest BCUT2D eigenvalue weighted by molar-refractivity contribution is -0.159. The lowest BCUT2D eigenvalue weighted by Gasteiger charge is -2.64. The summed E-state index contributed by atoms with van der Waals surface area (Å²) in [7, 11) is 0. The molecule has 4 bridgehead atoms. The predicted molar refractivity (Wildman–Crippen MR) is 120 cm³/mol. The van der Waals surface area contributed by atoms with E-state index in [4.69, 9.17) is 5.73 Å². The van der Waals surface area contributed by atoms with Crippen LogP contribution >= 0.6 is 0 Å². The summed E-state index contributed by atoms with van der Waals surface area (Å²) >= 11 is 0. The van der Waals surface area contributed by atoms with Crippen molar-refractivity contribution < 1.29 is 4.79 Å². The van der Waals surface area contributed by atoms with E-state index in [1.54, 1.807) is 0 Å². The van der Waals surface area contributed by atoms with Gasteiger partial charge in [0.25, 0.3) is 0 Å². The van der Waals surface area contributed by atoms with E-state index >= 15 is 0 Å². The maximum atomic E-state index is 13.8. The fraction of sp³-hybridized carbons (Fsp3) is 0.741. The maximum absolute atomic E-state index is 13.8. The van der Waals surface area contributed by atoms with Gasteiger partial charge in [-0.3, -0.25) is 4.79 Å². The van der Waals surface area contributed by atoms with Crippen LogP contribution in [0.3, 0.4) is 0 Å². The van der Waals surface area contributed by atoms with Crippen molar-refractivity contribution in [3.63, 3.8) is 0 Å². The number of nitrogens with two attached hydrogens (primary N) is 1. The molecule has 30 heavy (non-hydrogen) atoms. The van der Waals surface area contributed by atoms with E-state index in [9.17, 15) is 4.79 Å². The van der Waals surface area contributed by atoms with Crippen molar-refractivity contribution in [3.05, 3.63) is 35.9 Å². The number of carbonyl (C=O) groups is 1. The van der Waals surface area contributed by atoms with E-state index in [1.165, 1.54) is 37.7 Å². The molecule has 3 nitrogen and oxygen atoms in total. The zero-order chi connectivity index (χ0) is 20.3. The summed E-state index contributed by atoms with van der Waals surface area (Å²) in [6.45, 7) is 0. The van der Waals surface area contributed by atoms with Crippen LogP contribution in [-0.2, 0) is 10.2 Å². The van der Waals surface area contributed by atoms with Crippen molar-refractivity contribution >= 4 is 5.91 Å². The van der Waals surface area contributed by atoms with E-state index in [1.807, 2.05) is 0 Å². The van der Waals surface area contributed by atoms with Crippen molar-refractivity contribution in [3.8, 4) is 0 Å². The maximum Gasteiger partial charge on any atom is 0.226 e. The lowest BCUT2D eigenvalue weighted by Crippen LogP contribution is -2.62. The first-order chi connectivity index (χ1) is 14.6. The molecule has 0 heterocycles. The third-order valence-corrected chi connectivity index (χ3v) is 9.78. The standard InChI is InChI=1S/C27H38N2O/c28-22-8-10-23(11-9-22)29-25(30)27-15-19-13-26(17-27,21-4-2-1-3-5-21)14-20(16-27)24(19)12-18-6-7-18/h1-5,18-20,22-24H,6-17,28H2,(H,29,30)/t19?,20?,22-,23-,24?,26?,27?. The Kier molecular flexibility index (Phi) is 4.57. The van der Waals surface area contributed by atoms with E-state index in [-0.39, 0.29) is 10.8 Å². The van der Waals surface area contributed by atoms with E-state index in [0.29, 0.717) is 18.0 Å². The third-order valence-electron chi connectivity index (χ3n) is 9.78. The highest BCUT2D eigenvalue weighted by atomic mass is 16.2. The quantitative estimate of drug-likeness (QED) is 0.728. The topological polar surface area (TPSA) is 55.1 Å². The molecule has 1 aromatic rings. The van der Waals surface area contributed by atoms with Gasteiger partial charge in [-0.15, -0.1) is 0 Å². The Hall–Kier alpha value is -1.35. The average molecular weight is 407 g/mol. The van der Waals surface area contributed by atoms with E-state index in [0.717, 1.165) is 68.6 Å². The number of benzene rings is 1. The second-order valence-electron chi connectivity index (χ2n) is 11.9. The van der Waals surface area contributed by atoms with Crippen LogP contribution in [0.25, 0.3) is 0 Å². The minimum absolute atomic E-state index is 0.124. The van der Waals surface area contributed by atoms with Crippen LogP contribution in [0.2, 0.25) is 0 Å². The highest BCUT2D eigenvalue weighted by molar-refractivity contribution is 5.84. The Balaban J connectivity index is 1.28. The van der Waals surface area contributed by atoms with Crippen LogP contribution in [0.5, 0.6) is 0 Å². The molecule has 7 rings (SSSR count). The minimum Gasteiger partial charge on any atom is -0.353 e. The molecule has 0 aliphatic heterocycles. The molecule has 2 unspecified atom stereocenters. The van der Waals surface area contributed by atoms with Gasteiger partial charge in [0, 0.05) is 12.1 Å². The number of hydrogen-bond donors (Lipinski definition) is 2. The molecule has 1 aromatic carbocycles. The summed E-state index contributed by atoms with van der Waals surface area (Å²) in [4.78, 5) is 13.8. The van der Waals surface area contributed by atoms with Gasteiger partial charge in [0.2, 0.25) is 5.91 Å². The lowest BCUT2D eigenvalue weighted by atomic mass is 9.39. The van der Waals surface area contributed by atoms with Gasteiger partial charge in [-0.2, -0.15) is 0 Å². The molecule has 1 amide bonds. The summed E-state index contributed by atoms with van der Waals surface area (Å²) in [5.41, 5.74) is 7.72. The molecule has 162 valence electrons. The first kappa shape index (κ1) is 19.3. The van der Waals surface area contributed by atoms with Crippen molar-refractivity contribution in [2.24, 2.45) is 34.8 Å². The Morgan fingerprint density at radius 3 is 2.23 bits per heavy atom. The van der Waals surface area contributed by atoms with E-state index in [2.05, 4.69) is 35.6 Å². The first-order valence-corrected chi connectivity index (χ1v) is 12.7. The van der Waals surface area contributed by atoms with Crippen molar-refractivity contribution in [1.82, 2.24) is 5.32 Å². The van der Waals surface area contributed by atoms with Gasteiger partial charge in [0.15, 0.2) is 0 Å². The number of amides is 1. The molecule has 3 heteroatoms. The molecule has 6 aliphatic rings. The van der Waals surface area contributed by atoms with Crippen LogP contribution in [0.4, 0.5) is 0 Å². The van der Waals surface area contributed by atoms with Crippen LogP contribution in [0, 0.1) is 29.1 Å². The largest absolute Gasteiger partial charge is 0.353 e. The average Bonchev–Trinajstić information content (AvgIpc) is 3.57. The Bertz CT molecular complexity index is 776. The number of hydrogen-bond acceptors (Lipinski definition) is 2. The van der Waals surface area contributed by atoms with Crippen molar-refractivity contribution in [1.29, 1.82) is 0 Å². The molecule has 3 N–H and O–H groups in total. The van der Waals surface area contributed by atoms with Gasteiger partial charge >= 0.3 is 0 Å². The van der Waals surface area contributed by atoms with Gasteiger partial charge in [0.1, 0.15) is 0 Å². The first-order valence-electron chi connectivity index (χ1n) is 12.7. The SMILES string of the molecule is N[C@H]1CC[C@H](NC(=O)C23CC4CC(c5ccccc5)(CC(C2)C4CC2CC2)C3)CC1. The third kappa shape index (κ3) is 3.23. The second-order valence-corrected chi connectivity index (χ2v) is 11.9. The molecular formula is C27H38N2O. The number of rotatable bonds is 5. The summed E-state index contributed by atoms with van der Waals surface area (Å²) in [5.74, 6) is 3.76. The van der Waals surface area contributed by atoms with Gasteiger partial charge in [0.05, 0.1) is 5.41 Å². The highest BCUT2D eigenvalue weighted by Crippen LogP contribution is 2.68. The zero-order valence-electron chi connectivity index (χ0n) is 18.3. The zero-order valence-corrected chi connectivity index (χ0v) is 18.3. The Labute approximate surface area is 181 Å². The Morgan fingerprint density at radius 2 is 1.60 bits per heavy atom. The highest BCUT2D eigenvalue weighted by Gasteiger charge is 2.64. The van der Waals surface area contributed by atoms with Crippen molar-refractivity contribution in [2.75, 3.05) is 0 Å². The van der Waals surface area contributed by atoms with Gasteiger partial charge in [-0.25, -0.2) is 0 Å². The number of carbonyl (C=O) groups excluding carboxylic acids is 1. The normalized spacial score (nSPS) is 44.8. The smallest absolute Gasteiger partial charge is 0.226 e. The molecule has 0 saturated heterocycles. The molecule has 6 saturated carbocycles. The van der Waals surface area contributed by atoms with Crippen LogP contribution in [-0.4, -0.2) is 18.0 Å². The monoisotopic (exact) mass is 406 g/mol. The molecule has 6 fully saturated rings.